The van der Waals surface area contributed by atoms with Gasteiger partial charge in [0.05, 0.1) is 60.9 Å². The summed E-state index contributed by atoms with van der Waals surface area (Å²) in [6.07, 6.45) is -0.881. The Hall–Kier alpha value is -4.69. The number of hydrogen-bond donors (Lipinski definition) is 1. The van der Waals surface area contributed by atoms with Crippen molar-refractivity contribution in [1.82, 2.24) is 34.3 Å². The summed E-state index contributed by atoms with van der Waals surface area (Å²) in [5, 5.41) is 0.922. The van der Waals surface area contributed by atoms with E-state index < -0.39 is 30.5 Å². The van der Waals surface area contributed by atoms with Gasteiger partial charge in [-0.3, -0.25) is 4.79 Å². The van der Waals surface area contributed by atoms with Crippen LogP contribution in [0.15, 0.2) is 54.7 Å². The number of para-hydroxylation sites is 1. The molecule has 2 saturated heterocycles. The molecular weight excluding hydrogens is 639 g/mol. The van der Waals surface area contributed by atoms with E-state index in [4.69, 9.17) is 19.2 Å². The molecule has 2 aliphatic heterocycles. The van der Waals surface area contributed by atoms with Crippen molar-refractivity contribution in [3.63, 3.8) is 0 Å². The van der Waals surface area contributed by atoms with Gasteiger partial charge in [-0.05, 0) is 56.5 Å². The fraction of sp³-hybridized carbons (Fsp3) is 0.429. The lowest BCUT2D eigenvalue weighted by molar-refractivity contribution is -0.148. The number of aromatic amines is 1. The maximum absolute atomic E-state index is 14.2. The number of carbonyl (C=O) groups is 1. The number of nitrogens with one attached hydrogen (secondary N) is 1. The van der Waals surface area contributed by atoms with Crippen LogP contribution in [0.2, 0.25) is 0 Å². The molecule has 0 radical (unpaired) electrons. The number of fused-ring (bicyclic) bond motifs is 2. The van der Waals surface area contributed by atoms with Crippen LogP contribution in [-0.4, -0.2) is 93.8 Å². The Bertz CT molecular complexity index is 1970. The van der Waals surface area contributed by atoms with Gasteiger partial charge >= 0.3 is 6.18 Å². The first-order chi connectivity index (χ1) is 23.6. The Morgan fingerprint density at radius 1 is 1.08 bits per heavy atom. The van der Waals surface area contributed by atoms with Crippen molar-refractivity contribution in [2.45, 2.75) is 44.1 Å². The third-order valence-electron chi connectivity index (χ3n) is 9.67. The maximum Gasteiger partial charge on any atom is 0.449 e. The molecule has 0 spiro atoms. The molecule has 11 nitrogen and oxygen atoms in total. The highest BCUT2D eigenvalue weighted by molar-refractivity contribution is 5.85. The van der Waals surface area contributed by atoms with Gasteiger partial charge in [0.2, 0.25) is 17.6 Å². The van der Waals surface area contributed by atoms with E-state index >= 15 is 0 Å². The predicted molar refractivity (Wildman–Crippen MR) is 176 cm³/mol. The molecule has 14 heteroatoms. The first kappa shape index (κ1) is 32.8. The molecule has 2 aliphatic rings. The predicted octanol–water partition coefficient (Wildman–Crippen LogP) is 5.71. The standard InChI is InChI=1S/C35H38F3N7O4/c1-43(18-21-11-13-49-20-21)23-10-12-44(31(46)19-45-29-16-24(47-2)8-9-27(29)42-34(45)35(36,37)38)30(15-23)32-39-17-28(40-32)25-14-22-6-4-5-7-26(22)41-33(25)48-3/h4-9,14,16-17,21,23,30H,10-13,15,18-20H2,1-3H3,(H,39,40)/t21?,23-,30+/m1/s1. The molecule has 1 unspecified atom stereocenters. The topological polar surface area (TPSA) is 111 Å². The highest BCUT2D eigenvalue weighted by Gasteiger charge is 2.41. The second-order valence-corrected chi connectivity index (χ2v) is 12.7. The van der Waals surface area contributed by atoms with Crippen LogP contribution in [0.25, 0.3) is 33.2 Å². The molecule has 0 saturated carbocycles. The number of methoxy groups -OCH3 is 2. The van der Waals surface area contributed by atoms with Gasteiger partial charge < -0.3 is 33.6 Å². The number of aromatic nitrogens is 5. The molecule has 0 bridgehead atoms. The summed E-state index contributed by atoms with van der Waals surface area (Å²) in [5.41, 5.74) is 2.44. The summed E-state index contributed by atoms with van der Waals surface area (Å²) in [7, 11) is 5.07. The largest absolute Gasteiger partial charge is 0.497 e. The van der Waals surface area contributed by atoms with Crippen LogP contribution in [0.5, 0.6) is 11.6 Å². The van der Waals surface area contributed by atoms with Crippen LogP contribution in [0, 0.1) is 5.92 Å². The molecule has 1 N–H and O–H groups in total. The molecule has 0 aliphatic carbocycles. The number of likely N-dealkylation sites (tertiary alicyclic amines) is 1. The lowest BCUT2D eigenvalue weighted by Gasteiger charge is -2.42. The van der Waals surface area contributed by atoms with Gasteiger partial charge in [0.25, 0.3) is 0 Å². The lowest BCUT2D eigenvalue weighted by atomic mass is 9.94. The Morgan fingerprint density at radius 3 is 2.67 bits per heavy atom. The number of hydrogen-bond acceptors (Lipinski definition) is 8. The lowest BCUT2D eigenvalue weighted by Crippen LogP contribution is -2.49. The van der Waals surface area contributed by atoms with Crippen LogP contribution in [0.4, 0.5) is 13.2 Å². The summed E-state index contributed by atoms with van der Waals surface area (Å²) in [6.45, 7) is 2.12. The van der Waals surface area contributed by atoms with Crippen LogP contribution < -0.4 is 9.47 Å². The van der Waals surface area contributed by atoms with Crippen molar-refractivity contribution in [3.8, 4) is 22.9 Å². The number of pyridine rings is 1. The van der Waals surface area contributed by atoms with E-state index in [1.165, 1.54) is 19.2 Å². The van der Waals surface area contributed by atoms with E-state index in [0.29, 0.717) is 54.0 Å². The van der Waals surface area contributed by atoms with E-state index in [1.807, 2.05) is 30.3 Å². The Morgan fingerprint density at radius 2 is 1.92 bits per heavy atom. The molecule has 49 heavy (non-hydrogen) atoms. The normalized spacial score (nSPS) is 20.1. The summed E-state index contributed by atoms with van der Waals surface area (Å²) in [5.74, 6) is 0.151. The average molecular weight is 678 g/mol. The van der Waals surface area contributed by atoms with Gasteiger partial charge in [-0.15, -0.1) is 0 Å². The molecule has 7 rings (SSSR count). The fourth-order valence-corrected chi connectivity index (χ4v) is 7.11. The average Bonchev–Trinajstić information content (AvgIpc) is 3.88. The molecule has 2 aromatic carbocycles. The third-order valence-corrected chi connectivity index (χ3v) is 9.67. The van der Waals surface area contributed by atoms with Crippen molar-refractivity contribution in [2.24, 2.45) is 5.92 Å². The van der Waals surface area contributed by atoms with Gasteiger partial charge in [0, 0.05) is 37.2 Å². The number of imidazole rings is 2. The minimum absolute atomic E-state index is 0.115. The number of H-pyrrole nitrogens is 1. The second-order valence-electron chi connectivity index (χ2n) is 12.7. The Kier molecular flexibility index (Phi) is 8.92. The van der Waals surface area contributed by atoms with Crippen LogP contribution in [0.3, 0.4) is 0 Å². The highest BCUT2D eigenvalue weighted by atomic mass is 19.4. The van der Waals surface area contributed by atoms with Crippen molar-refractivity contribution < 1.29 is 32.2 Å². The zero-order chi connectivity index (χ0) is 34.3. The Balaban J connectivity index is 1.23. The number of benzene rings is 2. The minimum atomic E-state index is -4.77. The smallest absolute Gasteiger partial charge is 0.449 e. The van der Waals surface area contributed by atoms with Gasteiger partial charge in [-0.1, -0.05) is 18.2 Å². The quantitative estimate of drug-likeness (QED) is 0.211. The van der Waals surface area contributed by atoms with E-state index in [-0.39, 0.29) is 17.1 Å². The first-order valence-corrected chi connectivity index (χ1v) is 16.3. The van der Waals surface area contributed by atoms with E-state index in [9.17, 15) is 18.0 Å². The monoisotopic (exact) mass is 677 g/mol. The fourth-order valence-electron chi connectivity index (χ4n) is 7.11. The SMILES string of the molecule is COc1ccc2nc(C(F)(F)F)n(CC(=O)N3CC[C@@H](N(C)CC4CCOC4)C[C@H]3c3ncc(-c4cc5ccccc5nc4OC)[nH]3)c2c1. The van der Waals surface area contributed by atoms with E-state index in [2.05, 4.69) is 26.9 Å². The maximum atomic E-state index is 14.2. The van der Waals surface area contributed by atoms with Crippen LogP contribution >= 0.6 is 0 Å². The zero-order valence-corrected chi connectivity index (χ0v) is 27.5. The highest BCUT2D eigenvalue weighted by Crippen LogP contribution is 2.37. The molecular formula is C35H38F3N7O4. The number of amides is 1. The van der Waals surface area contributed by atoms with Crippen LogP contribution in [-0.2, 0) is 22.3 Å². The first-order valence-electron chi connectivity index (χ1n) is 16.3. The van der Waals surface area contributed by atoms with Crippen molar-refractivity contribution in [1.29, 1.82) is 0 Å². The molecule has 3 aromatic heterocycles. The van der Waals surface area contributed by atoms with Gasteiger partial charge in [-0.2, -0.15) is 13.2 Å². The third kappa shape index (κ3) is 6.54. The van der Waals surface area contributed by atoms with Crippen molar-refractivity contribution >= 4 is 27.8 Å². The molecule has 5 aromatic rings. The summed E-state index contributed by atoms with van der Waals surface area (Å²) >= 11 is 0. The van der Waals surface area contributed by atoms with E-state index in [0.717, 1.165) is 41.6 Å². The Labute approximate surface area is 281 Å². The molecule has 2 fully saturated rings. The zero-order valence-electron chi connectivity index (χ0n) is 27.5. The minimum Gasteiger partial charge on any atom is -0.497 e. The number of ether oxygens (including phenoxy) is 3. The van der Waals surface area contributed by atoms with Crippen molar-refractivity contribution in [3.05, 3.63) is 66.4 Å². The molecule has 258 valence electrons. The molecule has 1 amide bonds. The number of rotatable bonds is 9. The van der Waals surface area contributed by atoms with Gasteiger partial charge in [-0.25, -0.2) is 15.0 Å². The number of carbonyl (C=O) groups excluding carboxylic acids is 1. The second kappa shape index (κ2) is 13.3. The summed E-state index contributed by atoms with van der Waals surface area (Å²) in [4.78, 5) is 34.8. The number of alkyl halides is 3. The van der Waals surface area contributed by atoms with Crippen LogP contribution in [0.1, 0.15) is 37.0 Å². The van der Waals surface area contributed by atoms with Gasteiger partial charge in [0.15, 0.2) is 0 Å². The molecule has 3 atom stereocenters. The number of halogens is 3. The van der Waals surface area contributed by atoms with E-state index in [1.54, 1.807) is 24.3 Å². The number of nitrogens with zero attached hydrogens (tertiary/aromatic N) is 6. The van der Waals surface area contributed by atoms with Crippen molar-refractivity contribution in [2.75, 3.05) is 47.6 Å². The number of piperidine rings is 1. The molecule has 5 heterocycles. The summed E-state index contributed by atoms with van der Waals surface area (Å²) in [6, 6.07) is 13.8. The van der Waals surface area contributed by atoms with Gasteiger partial charge in [0.1, 0.15) is 18.1 Å². The summed E-state index contributed by atoms with van der Waals surface area (Å²) < 4.78 is 60.2.